The molecule has 1 N–H and O–H groups in total. The predicted octanol–water partition coefficient (Wildman–Crippen LogP) is 1.46. The first-order valence-corrected chi connectivity index (χ1v) is 4.66. The minimum Gasteiger partial charge on any atom is -0.479 e. The molecule has 1 atom stereocenters. The molecule has 0 aliphatic carbocycles. The Morgan fingerprint density at radius 1 is 1.47 bits per heavy atom. The second-order valence-electron chi connectivity index (χ2n) is 3.91. The maximum absolute atomic E-state index is 11.0. The standard InChI is InChI=1S/C11H15NO3/c1-11(2,9(15-3)10(13)14)8-4-6-12-7-5-8/h4-7,9H,1-3H3,(H,13,14). The quantitative estimate of drug-likeness (QED) is 0.815. The number of hydrogen-bond acceptors (Lipinski definition) is 3. The largest absolute Gasteiger partial charge is 0.479 e. The van der Waals surface area contributed by atoms with Crippen molar-refractivity contribution in [3.63, 3.8) is 0 Å². The first-order valence-electron chi connectivity index (χ1n) is 4.66. The van der Waals surface area contributed by atoms with Gasteiger partial charge in [0.05, 0.1) is 0 Å². The van der Waals surface area contributed by atoms with Crippen molar-refractivity contribution in [3.05, 3.63) is 30.1 Å². The van der Waals surface area contributed by atoms with Gasteiger partial charge in [-0.05, 0) is 17.7 Å². The fraction of sp³-hybridized carbons (Fsp3) is 0.455. The third-order valence-electron chi connectivity index (χ3n) is 2.54. The number of ether oxygens (including phenoxy) is 1. The van der Waals surface area contributed by atoms with Crippen LogP contribution in [0.3, 0.4) is 0 Å². The second-order valence-corrected chi connectivity index (χ2v) is 3.91. The molecular weight excluding hydrogens is 194 g/mol. The molecule has 0 aliphatic heterocycles. The summed E-state index contributed by atoms with van der Waals surface area (Å²) in [5, 5.41) is 9.03. The van der Waals surface area contributed by atoms with Gasteiger partial charge in [0.15, 0.2) is 6.10 Å². The molecular formula is C11H15NO3. The molecule has 0 fully saturated rings. The van der Waals surface area contributed by atoms with Crippen LogP contribution in [0.25, 0.3) is 0 Å². The van der Waals surface area contributed by atoms with E-state index in [9.17, 15) is 4.79 Å². The van der Waals surface area contributed by atoms with E-state index >= 15 is 0 Å². The molecule has 0 amide bonds. The lowest BCUT2D eigenvalue weighted by atomic mass is 9.79. The van der Waals surface area contributed by atoms with Gasteiger partial charge < -0.3 is 9.84 Å². The van der Waals surface area contributed by atoms with Crippen LogP contribution in [0.2, 0.25) is 0 Å². The number of methoxy groups -OCH3 is 1. The summed E-state index contributed by atoms with van der Waals surface area (Å²) in [6, 6.07) is 3.60. The van der Waals surface area contributed by atoms with Gasteiger partial charge in [0.25, 0.3) is 0 Å². The molecule has 0 radical (unpaired) electrons. The Hall–Kier alpha value is -1.42. The van der Waals surface area contributed by atoms with Gasteiger partial charge >= 0.3 is 5.97 Å². The fourth-order valence-corrected chi connectivity index (χ4v) is 1.64. The number of aliphatic carboxylic acids is 1. The molecule has 0 bridgehead atoms. The van der Waals surface area contributed by atoms with Crippen LogP contribution in [0.4, 0.5) is 0 Å². The van der Waals surface area contributed by atoms with Crippen LogP contribution in [0, 0.1) is 0 Å². The summed E-state index contributed by atoms with van der Waals surface area (Å²) in [7, 11) is 1.40. The highest BCUT2D eigenvalue weighted by atomic mass is 16.5. The maximum Gasteiger partial charge on any atom is 0.333 e. The zero-order valence-corrected chi connectivity index (χ0v) is 9.10. The predicted molar refractivity (Wildman–Crippen MR) is 55.7 cm³/mol. The summed E-state index contributed by atoms with van der Waals surface area (Å²) in [5.74, 6) is -0.959. The minimum absolute atomic E-state index is 0.580. The fourth-order valence-electron chi connectivity index (χ4n) is 1.64. The van der Waals surface area contributed by atoms with E-state index in [1.54, 1.807) is 24.5 Å². The average Bonchev–Trinajstić information content (AvgIpc) is 2.19. The van der Waals surface area contributed by atoms with Gasteiger partial charge in [0.2, 0.25) is 0 Å². The Kier molecular flexibility index (Phi) is 3.42. The van der Waals surface area contributed by atoms with E-state index in [0.29, 0.717) is 0 Å². The van der Waals surface area contributed by atoms with Gasteiger partial charge in [-0.15, -0.1) is 0 Å². The number of rotatable bonds is 4. The molecule has 4 nitrogen and oxygen atoms in total. The highest BCUT2D eigenvalue weighted by molar-refractivity contribution is 5.74. The number of carbonyl (C=O) groups is 1. The van der Waals surface area contributed by atoms with Gasteiger partial charge in [-0.25, -0.2) is 4.79 Å². The highest BCUT2D eigenvalue weighted by Gasteiger charge is 2.36. The monoisotopic (exact) mass is 209 g/mol. The van der Waals surface area contributed by atoms with Crippen LogP contribution in [0.1, 0.15) is 19.4 Å². The molecule has 1 aromatic heterocycles. The van der Waals surface area contributed by atoms with Crippen LogP contribution in [-0.2, 0) is 14.9 Å². The van der Waals surface area contributed by atoms with Crippen molar-refractivity contribution in [1.82, 2.24) is 4.98 Å². The molecule has 1 rings (SSSR count). The van der Waals surface area contributed by atoms with E-state index in [2.05, 4.69) is 4.98 Å². The summed E-state index contributed by atoms with van der Waals surface area (Å²) in [4.78, 5) is 14.9. The number of aromatic nitrogens is 1. The van der Waals surface area contributed by atoms with Gasteiger partial charge in [-0.1, -0.05) is 13.8 Å². The Morgan fingerprint density at radius 3 is 2.40 bits per heavy atom. The summed E-state index contributed by atoms with van der Waals surface area (Å²) in [6.45, 7) is 3.68. The van der Waals surface area contributed by atoms with Crippen molar-refractivity contribution < 1.29 is 14.6 Å². The van der Waals surface area contributed by atoms with E-state index in [-0.39, 0.29) is 0 Å². The van der Waals surface area contributed by atoms with Gasteiger partial charge in [0, 0.05) is 24.9 Å². The summed E-state index contributed by atoms with van der Waals surface area (Å²) in [6.07, 6.45) is 2.43. The van der Waals surface area contributed by atoms with E-state index in [4.69, 9.17) is 9.84 Å². The first kappa shape index (κ1) is 11.7. The lowest BCUT2D eigenvalue weighted by Crippen LogP contribution is -2.41. The third-order valence-corrected chi connectivity index (χ3v) is 2.54. The van der Waals surface area contributed by atoms with E-state index < -0.39 is 17.5 Å². The van der Waals surface area contributed by atoms with Crippen molar-refractivity contribution in [2.24, 2.45) is 0 Å². The van der Waals surface area contributed by atoms with Crippen molar-refractivity contribution in [2.45, 2.75) is 25.4 Å². The summed E-state index contributed by atoms with van der Waals surface area (Å²) >= 11 is 0. The Labute approximate surface area is 88.9 Å². The van der Waals surface area contributed by atoms with Crippen LogP contribution >= 0.6 is 0 Å². The maximum atomic E-state index is 11.0. The van der Waals surface area contributed by atoms with E-state index in [1.165, 1.54) is 7.11 Å². The topological polar surface area (TPSA) is 59.4 Å². The molecule has 0 spiro atoms. The molecule has 0 aliphatic rings. The lowest BCUT2D eigenvalue weighted by molar-refractivity contribution is -0.152. The SMILES string of the molecule is COC(C(=O)O)C(C)(C)c1ccncc1. The van der Waals surface area contributed by atoms with Crippen molar-refractivity contribution >= 4 is 5.97 Å². The molecule has 1 heterocycles. The number of hydrogen-bond donors (Lipinski definition) is 1. The van der Waals surface area contributed by atoms with Crippen molar-refractivity contribution in [3.8, 4) is 0 Å². The Bertz CT molecular complexity index is 335. The molecule has 4 heteroatoms. The summed E-state index contributed by atoms with van der Waals surface area (Å²) in [5.41, 5.74) is 0.315. The normalized spacial score (nSPS) is 13.5. The number of carboxylic acid groups (broad SMARTS) is 1. The molecule has 1 unspecified atom stereocenters. The molecule has 15 heavy (non-hydrogen) atoms. The van der Waals surface area contributed by atoms with Gasteiger partial charge in [0.1, 0.15) is 0 Å². The second kappa shape index (κ2) is 4.40. The number of pyridine rings is 1. The molecule has 82 valence electrons. The van der Waals surface area contributed by atoms with E-state index in [0.717, 1.165) is 5.56 Å². The van der Waals surface area contributed by atoms with Crippen LogP contribution < -0.4 is 0 Å². The number of carboxylic acids is 1. The smallest absolute Gasteiger partial charge is 0.333 e. The number of nitrogens with zero attached hydrogens (tertiary/aromatic N) is 1. The zero-order valence-electron chi connectivity index (χ0n) is 9.10. The zero-order chi connectivity index (χ0) is 11.5. The lowest BCUT2D eigenvalue weighted by Gasteiger charge is -2.30. The minimum atomic E-state index is -0.959. The van der Waals surface area contributed by atoms with Gasteiger partial charge in [-0.3, -0.25) is 4.98 Å². The van der Waals surface area contributed by atoms with Crippen LogP contribution in [0.5, 0.6) is 0 Å². The Balaban J connectivity index is 3.05. The third kappa shape index (κ3) is 2.33. The van der Waals surface area contributed by atoms with E-state index in [1.807, 2.05) is 13.8 Å². The van der Waals surface area contributed by atoms with Gasteiger partial charge in [-0.2, -0.15) is 0 Å². The molecule has 0 aromatic carbocycles. The van der Waals surface area contributed by atoms with Crippen LogP contribution in [0.15, 0.2) is 24.5 Å². The molecule has 0 saturated carbocycles. The molecule has 1 aromatic rings. The summed E-state index contributed by atoms with van der Waals surface area (Å²) < 4.78 is 5.01. The highest BCUT2D eigenvalue weighted by Crippen LogP contribution is 2.28. The van der Waals surface area contributed by atoms with Crippen LogP contribution in [-0.4, -0.2) is 29.3 Å². The Morgan fingerprint density at radius 2 is 2.00 bits per heavy atom. The average molecular weight is 209 g/mol. The first-order chi connectivity index (χ1) is 7.00. The molecule has 0 saturated heterocycles. The van der Waals surface area contributed by atoms with Crippen molar-refractivity contribution in [1.29, 1.82) is 0 Å². The van der Waals surface area contributed by atoms with Crippen molar-refractivity contribution in [2.75, 3.05) is 7.11 Å².